The van der Waals surface area contributed by atoms with E-state index in [9.17, 15) is 24.6 Å². The topological polar surface area (TPSA) is 161 Å². The number of likely N-dealkylation sites (N-methyl/N-ethyl adjacent to an activating group) is 1. The first kappa shape index (κ1) is 43.9. The Morgan fingerprint density at radius 2 is 1.64 bits per heavy atom. The van der Waals surface area contributed by atoms with Crippen molar-refractivity contribution in [1.29, 1.82) is 0 Å². The van der Waals surface area contributed by atoms with Gasteiger partial charge in [-0.2, -0.15) is 0 Å². The number of Topliss-reactive ketones (excluding diaryl/α,β-unsaturated/α-hetero) is 1. The average Bonchev–Trinajstić information content (AvgIpc) is 3.70. The molecule has 7 rings (SSSR count). The summed E-state index contributed by atoms with van der Waals surface area (Å²) in [4.78, 5) is 50.4. The van der Waals surface area contributed by atoms with Crippen LogP contribution in [0.25, 0.3) is 11.6 Å². The van der Waals surface area contributed by atoms with Crippen LogP contribution in [0, 0.1) is 56.2 Å². The molecule has 4 saturated carbocycles. The van der Waals surface area contributed by atoms with Crippen molar-refractivity contribution in [3.8, 4) is 11.6 Å². The number of hydrogen-bond acceptors (Lipinski definition) is 10. The lowest BCUT2D eigenvalue weighted by molar-refractivity contribution is -0.235. The highest BCUT2D eigenvalue weighted by Crippen LogP contribution is 2.77. The SMILES string of the molecule is CC(C)C1=C2[C@H]3CC[C@@H]4[C@@]5(C)CC[C@H](OC(=O)CC(C)(C)C(=O)O)C(C)(C)[C@@H]5CC[C@@]4(C)[C@]3(C)CC[C@@]2([C@@H](O)c2nnc(-c3ncc(Cl)cn3)n2CCN(C)C)CC1=O. The van der Waals surface area contributed by atoms with Crippen molar-refractivity contribution >= 4 is 29.3 Å². The summed E-state index contributed by atoms with van der Waals surface area (Å²) in [5, 5.41) is 32.2. The average molecular weight is 836 g/mol. The predicted molar refractivity (Wildman–Crippen MR) is 225 cm³/mol. The number of fused-ring (bicyclic) bond motifs is 7. The van der Waals surface area contributed by atoms with E-state index in [2.05, 4.69) is 73.5 Å². The van der Waals surface area contributed by atoms with Gasteiger partial charge in [0.15, 0.2) is 17.4 Å². The predicted octanol–water partition coefficient (Wildman–Crippen LogP) is 8.38. The van der Waals surface area contributed by atoms with Crippen molar-refractivity contribution in [2.45, 2.75) is 145 Å². The van der Waals surface area contributed by atoms with Crippen LogP contribution in [-0.2, 0) is 25.7 Å². The third kappa shape index (κ3) is 6.80. The van der Waals surface area contributed by atoms with Gasteiger partial charge in [0.25, 0.3) is 0 Å². The number of halogens is 1. The highest BCUT2D eigenvalue weighted by Gasteiger charge is 2.71. The maximum absolute atomic E-state index is 14.4. The lowest BCUT2D eigenvalue weighted by Gasteiger charge is -2.72. The first-order valence-electron chi connectivity index (χ1n) is 21.9. The third-order valence-corrected chi connectivity index (χ3v) is 17.2. The van der Waals surface area contributed by atoms with E-state index in [4.69, 9.17) is 16.3 Å². The Bertz CT molecular complexity index is 2030. The zero-order valence-electron chi connectivity index (χ0n) is 37.2. The molecule has 12 nitrogen and oxygen atoms in total. The van der Waals surface area contributed by atoms with Crippen molar-refractivity contribution in [2.75, 3.05) is 20.6 Å². The molecule has 59 heavy (non-hydrogen) atoms. The zero-order valence-corrected chi connectivity index (χ0v) is 37.9. The second-order valence-corrected chi connectivity index (χ2v) is 22.0. The third-order valence-electron chi connectivity index (χ3n) is 17.0. The van der Waals surface area contributed by atoms with Gasteiger partial charge in [0.05, 0.1) is 16.9 Å². The Labute approximate surface area is 355 Å². The summed E-state index contributed by atoms with van der Waals surface area (Å²) in [6.45, 7) is 20.6. The van der Waals surface area contributed by atoms with Crippen LogP contribution in [0.2, 0.25) is 5.02 Å². The van der Waals surface area contributed by atoms with Gasteiger partial charge in [0, 0.05) is 42.7 Å². The number of ether oxygens (including phenoxy) is 1. The van der Waals surface area contributed by atoms with Crippen LogP contribution in [0.5, 0.6) is 0 Å². The summed E-state index contributed by atoms with van der Waals surface area (Å²) < 4.78 is 8.13. The molecule has 324 valence electrons. The number of carboxylic acid groups (broad SMARTS) is 1. The number of hydrogen-bond donors (Lipinski definition) is 2. The summed E-state index contributed by atoms with van der Waals surface area (Å²) in [7, 11) is 4.01. The smallest absolute Gasteiger partial charge is 0.309 e. The fourth-order valence-electron chi connectivity index (χ4n) is 13.7. The molecule has 9 atom stereocenters. The fourth-order valence-corrected chi connectivity index (χ4v) is 13.8. The van der Waals surface area contributed by atoms with Crippen molar-refractivity contribution < 1.29 is 29.3 Å². The van der Waals surface area contributed by atoms with Crippen molar-refractivity contribution in [3.63, 3.8) is 0 Å². The first-order valence-corrected chi connectivity index (χ1v) is 22.3. The summed E-state index contributed by atoms with van der Waals surface area (Å²) >= 11 is 6.15. The van der Waals surface area contributed by atoms with Crippen LogP contribution in [0.1, 0.15) is 138 Å². The number of nitrogens with zero attached hydrogens (tertiary/aromatic N) is 6. The van der Waals surface area contributed by atoms with Crippen LogP contribution in [0.15, 0.2) is 23.5 Å². The molecule has 13 heteroatoms. The van der Waals surface area contributed by atoms with Crippen LogP contribution in [0.3, 0.4) is 0 Å². The Morgan fingerprint density at radius 3 is 2.27 bits per heavy atom. The molecule has 0 aliphatic heterocycles. The van der Waals surface area contributed by atoms with E-state index in [0.717, 1.165) is 56.1 Å². The fraction of sp³-hybridized carbons (Fsp3) is 0.761. The maximum atomic E-state index is 14.4. The van der Waals surface area contributed by atoms with Gasteiger partial charge in [0.1, 0.15) is 12.2 Å². The Hall–Kier alpha value is -3.22. The molecule has 0 saturated heterocycles. The summed E-state index contributed by atoms with van der Waals surface area (Å²) in [5.41, 5.74) is -0.359. The Balaban J connectivity index is 1.23. The van der Waals surface area contributed by atoms with E-state index in [1.54, 1.807) is 13.8 Å². The molecule has 0 aromatic carbocycles. The van der Waals surface area contributed by atoms with Crippen LogP contribution >= 0.6 is 11.6 Å². The molecule has 2 heterocycles. The minimum atomic E-state index is -1.19. The number of aliphatic hydroxyl groups is 1. The van der Waals surface area contributed by atoms with Crippen molar-refractivity contribution in [1.82, 2.24) is 29.6 Å². The monoisotopic (exact) mass is 834 g/mol. The second kappa shape index (κ2) is 15.0. The molecule has 2 N–H and O–H groups in total. The largest absolute Gasteiger partial charge is 0.481 e. The van der Waals surface area contributed by atoms with Crippen LogP contribution < -0.4 is 0 Å². The first-order chi connectivity index (χ1) is 27.4. The van der Waals surface area contributed by atoms with Crippen LogP contribution in [0.4, 0.5) is 0 Å². The normalized spacial score (nSPS) is 34.6. The van der Waals surface area contributed by atoms with E-state index >= 15 is 0 Å². The van der Waals surface area contributed by atoms with Gasteiger partial charge in [-0.3, -0.25) is 14.4 Å². The number of rotatable bonds is 11. The van der Waals surface area contributed by atoms with Gasteiger partial charge >= 0.3 is 11.9 Å². The number of ketones is 1. The number of carbonyl (C=O) groups excluding carboxylic acids is 2. The van der Waals surface area contributed by atoms with Gasteiger partial charge < -0.3 is 24.4 Å². The summed E-state index contributed by atoms with van der Waals surface area (Å²) in [6, 6.07) is 0. The highest BCUT2D eigenvalue weighted by atomic mass is 35.5. The summed E-state index contributed by atoms with van der Waals surface area (Å²) in [5.74, 6) is 0.856. The quantitative estimate of drug-likeness (QED) is 0.209. The molecule has 0 unspecified atom stereocenters. The molecule has 0 spiro atoms. The van der Waals surface area contributed by atoms with Crippen molar-refractivity contribution in [3.05, 3.63) is 34.4 Å². The van der Waals surface area contributed by atoms with Gasteiger partial charge in [-0.15, -0.1) is 10.2 Å². The molecule has 5 aliphatic rings. The number of carbonyl (C=O) groups is 3. The number of aromatic nitrogens is 5. The van der Waals surface area contributed by atoms with Crippen LogP contribution in [-0.4, -0.2) is 84.3 Å². The van der Waals surface area contributed by atoms with E-state index in [1.165, 1.54) is 12.4 Å². The lowest BCUT2D eigenvalue weighted by Crippen LogP contribution is -2.66. The molecule has 0 amide bonds. The Morgan fingerprint density at radius 1 is 0.966 bits per heavy atom. The maximum Gasteiger partial charge on any atom is 0.309 e. The van der Waals surface area contributed by atoms with Gasteiger partial charge in [-0.05, 0) is 130 Å². The number of allylic oxidation sites excluding steroid dienone is 1. The molecule has 2 aromatic heterocycles. The number of esters is 1. The van der Waals surface area contributed by atoms with E-state index in [-0.39, 0.29) is 58.2 Å². The van der Waals surface area contributed by atoms with Gasteiger partial charge in [0.2, 0.25) is 5.82 Å². The molecular formula is C46H67ClN6O6. The van der Waals surface area contributed by atoms with Gasteiger partial charge in [-0.25, -0.2) is 9.97 Å². The number of carboxylic acids is 1. The minimum Gasteiger partial charge on any atom is -0.481 e. The zero-order chi connectivity index (χ0) is 43.2. The molecule has 2 aromatic rings. The van der Waals surface area contributed by atoms with E-state index < -0.39 is 28.9 Å². The summed E-state index contributed by atoms with van der Waals surface area (Å²) in [6.07, 6.45) is 9.06. The lowest BCUT2D eigenvalue weighted by atomic mass is 9.33. The molecule has 4 fully saturated rings. The Kier molecular flexibility index (Phi) is 11.1. The van der Waals surface area contributed by atoms with E-state index in [0.29, 0.717) is 53.8 Å². The molecule has 0 radical (unpaired) electrons. The molecule has 0 bridgehead atoms. The molecule has 5 aliphatic carbocycles. The number of aliphatic carboxylic acids is 1. The molecular weight excluding hydrogens is 768 g/mol. The second-order valence-electron chi connectivity index (χ2n) is 21.5. The van der Waals surface area contributed by atoms with Crippen molar-refractivity contribution in [2.24, 2.45) is 56.2 Å². The van der Waals surface area contributed by atoms with E-state index in [1.807, 2.05) is 18.7 Å². The minimum absolute atomic E-state index is 0.00548. The van der Waals surface area contributed by atoms with Gasteiger partial charge in [-0.1, -0.05) is 60.1 Å². The highest BCUT2D eigenvalue weighted by molar-refractivity contribution is 6.30. The standard InChI is InChI=1S/C46H67ClN6O6/c1-26(2)34-29(54)22-46(36(56)38-50-51-39(53(38)21-20-52(10)11)37-48-24-27(47)25-49-37)19-18-44(8)28(35(34)46)12-13-31-43(7)16-15-32(59-33(55)23-41(3,4)40(57)58)42(5,6)30(43)14-17-45(31,44)9/h24-26,28,30-32,36,56H,12-23H2,1-11H3,(H,57,58)/t28-,30+,31-,32+,36+,43+,44-,45-,46-/m1/s1. The number of aliphatic hydroxyl groups excluding tert-OH is 1.